The molecule has 21 heavy (non-hydrogen) atoms. The first-order chi connectivity index (χ1) is 9.81. The number of hydrogen-bond donors (Lipinski definition) is 1. The number of esters is 1. The Labute approximate surface area is 126 Å². The van der Waals surface area contributed by atoms with Gasteiger partial charge in [0.2, 0.25) is 0 Å². The molecule has 0 aromatic heterocycles. The lowest BCUT2D eigenvalue weighted by Crippen LogP contribution is -2.25. The van der Waals surface area contributed by atoms with Crippen LogP contribution in [0, 0.1) is 0 Å². The van der Waals surface area contributed by atoms with Gasteiger partial charge in [-0.05, 0) is 0 Å². The van der Waals surface area contributed by atoms with Gasteiger partial charge in [0.1, 0.15) is 6.54 Å². The van der Waals surface area contributed by atoms with Crippen LogP contribution in [0.15, 0.2) is 0 Å². The summed E-state index contributed by atoms with van der Waals surface area (Å²) in [6.45, 7) is 4.01. The molecule has 0 aromatic carbocycles. The van der Waals surface area contributed by atoms with Crippen LogP contribution in [0.4, 0.5) is 0 Å². The summed E-state index contributed by atoms with van der Waals surface area (Å²) < 4.78 is 25.0. The first kappa shape index (κ1) is 22.5. The molecule has 128 valence electrons. The van der Waals surface area contributed by atoms with Crippen molar-refractivity contribution in [1.29, 1.82) is 0 Å². The molecular weight excluding hydrogens is 282 g/mol. The molecule has 0 aromatic rings. The van der Waals surface area contributed by atoms with E-state index in [1.807, 2.05) is 0 Å². The van der Waals surface area contributed by atoms with Crippen molar-refractivity contribution >= 4 is 5.97 Å². The minimum absolute atomic E-state index is 0. The summed E-state index contributed by atoms with van der Waals surface area (Å²) in [4.78, 5) is 15.6. The van der Waals surface area contributed by atoms with E-state index in [4.69, 9.17) is 23.8 Å². The molecule has 8 nitrogen and oxygen atoms in total. The summed E-state index contributed by atoms with van der Waals surface area (Å²) in [6.07, 6.45) is 0. The van der Waals surface area contributed by atoms with E-state index in [0.717, 1.165) is 0 Å². The highest BCUT2D eigenvalue weighted by Crippen LogP contribution is 1.82. The van der Waals surface area contributed by atoms with E-state index in [-0.39, 0.29) is 19.9 Å². The average Bonchev–Trinajstić information content (AvgIpc) is 2.47. The maximum Gasteiger partial charge on any atom is 0.322 e. The predicted octanol–water partition coefficient (Wildman–Crippen LogP) is 0.0129. The fourth-order valence-corrected chi connectivity index (χ4v) is 1.04. The van der Waals surface area contributed by atoms with E-state index in [9.17, 15) is 4.79 Å². The van der Waals surface area contributed by atoms with E-state index in [1.54, 1.807) is 7.11 Å². The van der Waals surface area contributed by atoms with Crippen molar-refractivity contribution in [2.24, 2.45) is 0 Å². The predicted molar refractivity (Wildman–Crippen MR) is 77.0 cm³/mol. The molecule has 0 bridgehead atoms. The molecule has 0 fully saturated rings. The third-order valence-electron chi connectivity index (χ3n) is 2.05. The second-order valence-electron chi connectivity index (χ2n) is 3.58. The third kappa shape index (κ3) is 19.2. The topological polar surface area (TPSA) is 84.5 Å². The monoisotopic (exact) mass is 311 g/mol. The van der Waals surface area contributed by atoms with Crippen LogP contribution in [0.2, 0.25) is 0 Å². The quantitative estimate of drug-likeness (QED) is 0.257. The van der Waals surface area contributed by atoms with Gasteiger partial charge in [0.15, 0.2) is 0 Å². The van der Waals surface area contributed by atoms with Crippen LogP contribution < -0.4 is 5.48 Å². The van der Waals surface area contributed by atoms with Gasteiger partial charge >= 0.3 is 5.97 Å². The normalized spacial score (nSPS) is 10.2. The lowest BCUT2D eigenvalue weighted by atomic mass is 10.7. The average molecular weight is 311 g/mol. The second kappa shape index (κ2) is 19.2. The van der Waals surface area contributed by atoms with E-state index < -0.39 is 0 Å². The Hall–Kier alpha value is -0.770. The van der Waals surface area contributed by atoms with Crippen LogP contribution in [-0.2, 0) is 33.3 Å². The molecule has 0 heterocycles. The molecule has 0 spiro atoms. The van der Waals surface area contributed by atoms with Crippen molar-refractivity contribution in [3.63, 3.8) is 0 Å². The van der Waals surface area contributed by atoms with Crippen LogP contribution >= 0.6 is 0 Å². The van der Waals surface area contributed by atoms with Gasteiger partial charge in [0, 0.05) is 7.11 Å². The Bertz CT molecular complexity index is 217. The zero-order chi connectivity index (χ0) is 14.9. The van der Waals surface area contributed by atoms with Crippen molar-refractivity contribution in [2.75, 3.05) is 73.6 Å². The van der Waals surface area contributed by atoms with Gasteiger partial charge in [-0.2, -0.15) is 5.48 Å². The number of carbonyl (C=O) groups is 1. The van der Waals surface area contributed by atoms with Crippen LogP contribution in [0.25, 0.3) is 0 Å². The molecule has 0 aliphatic rings. The van der Waals surface area contributed by atoms with Gasteiger partial charge in [-0.25, -0.2) is 0 Å². The van der Waals surface area contributed by atoms with Gasteiger partial charge in [-0.3, -0.25) is 9.63 Å². The minimum atomic E-state index is -0.382. The minimum Gasteiger partial charge on any atom is -0.468 e. The maximum atomic E-state index is 10.7. The number of methoxy groups -OCH3 is 2. The standard InChI is InChI=1S/C12H25NO7.CH4/c1-15-3-4-17-5-6-18-7-8-19-9-10-20-13-11-12(14)16-2;/h13H,3-11H2,1-2H3;1H4. The first-order valence-corrected chi connectivity index (χ1v) is 6.45. The number of rotatable bonds is 15. The summed E-state index contributed by atoms with van der Waals surface area (Å²) in [7, 11) is 2.95. The number of ether oxygens (including phenoxy) is 5. The molecule has 0 unspecified atom stereocenters. The molecule has 0 saturated heterocycles. The van der Waals surface area contributed by atoms with E-state index in [1.165, 1.54) is 7.11 Å². The maximum absolute atomic E-state index is 10.7. The molecule has 0 aliphatic carbocycles. The molecule has 0 aliphatic heterocycles. The highest BCUT2D eigenvalue weighted by molar-refractivity contribution is 5.71. The van der Waals surface area contributed by atoms with Crippen molar-refractivity contribution in [3.8, 4) is 0 Å². The van der Waals surface area contributed by atoms with E-state index in [0.29, 0.717) is 52.9 Å². The smallest absolute Gasteiger partial charge is 0.322 e. The fraction of sp³-hybridized carbons (Fsp3) is 0.923. The van der Waals surface area contributed by atoms with Gasteiger partial charge < -0.3 is 23.7 Å². The van der Waals surface area contributed by atoms with Crippen LogP contribution in [-0.4, -0.2) is 79.6 Å². The largest absolute Gasteiger partial charge is 0.468 e. The lowest BCUT2D eigenvalue weighted by Gasteiger charge is -2.07. The summed E-state index contributed by atoms with van der Waals surface area (Å²) >= 11 is 0. The van der Waals surface area contributed by atoms with Crippen LogP contribution in [0.1, 0.15) is 7.43 Å². The molecule has 1 N–H and O–H groups in total. The van der Waals surface area contributed by atoms with Crippen molar-refractivity contribution in [3.05, 3.63) is 0 Å². The Morgan fingerprint density at radius 2 is 1.29 bits per heavy atom. The van der Waals surface area contributed by atoms with Crippen molar-refractivity contribution in [1.82, 2.24) is 5.48 Å². The summed E-state index contributed by atoms with van der Waals surface area (Å²) in [5.74, 6) is -0.382. The second-order valence-corrected chi connectivity index (χ2v) is 3.58. The zero-order valence-corrected chi connectivity index (χ0v) is 12.2. The highest BCUT2D eigenvalue weighted by atomic mass is 16.7. The van der Waals surface area contributed by atoms with Gasteiger partial charge in [0.05, 0.1) is 60.0 Å². The van der Waals surface area contributed by atoms with E-state index >= 15 is 0 Å². The molecule has 0 saturated carbocycles. The molecular formula is C13H29NO7. The molecule has 0 rings (SSSR count). The summed E-state index contributed by atoms with van der Waals surface area (Å²) in [6, 6.07) is 0. The zero-order valence-electron chi connectivity index (χ0n) is 12.2. The fourth-order valence-electron chi connectivity index (χ4n) is 1.04. The van der Waals surface area contributed by atoms with E-state index in [2.05, 4.69) is 10.2 Å². The number of hydroxylamine groups is 1. The highest BCUT2D eigenvalue weighted by Gasteiger charge is 1.97. The molecule has 0 atom stereocenters. The Balaban J connectivity index is 0. The number of carbonyl (C=O) groups excluding carboxylic acids is 1. The SMILES string of the molecule is C.COCCOCCOCCOCCONCC(=O)OC. The molecule has 0 amide bonds. The van der Waals surface area contributed by atoms with Crippen LogP contribution in [0.3, 0.4) is 0 Å². The molecule has 8 heteroatoms. The summed E-state index contributed by atoms with van der Waals surface area (Å²) in [5, 5.41) is 0. The van der Waals surface area contributed by atoms with Gasteiger partial charge in [-0.1, -0.05) is 7.43 Å². The van der Waals surface area contributed by atoms with Crippen molar-refractivity contribution < 1.29 is 33.3 Å². The number of hydrogen-bond acceptors (Lipinski definition) is 8. The van der Waals surface area contributed by atoms with Gasteiger partial charge in [-0.15, -0.1) is 0 Å². The van der Waals surface area contributed by atoms with Gasteiger partial charge in [0.25, 0.3) is 0 Å². The third-order valence-corrected chi connectivity index (χ3v) is 2.05. The Morgan fingerprint density at radius 1 is 0.810 bits per heavy atom. The van der Waals surface area contributed by atoms with Crippen molar-refractivity contribution in [2.45, 2.75) is 7.43 Å². The first-order valence-electron chi connectivity index (χ1n) is 6.45. The lowest BCUT2D eigenvalue weighted by molar-refractivity contribution is -0.142. The summed E-state index contributed by atoms with van der Waals surface area (Å²) in [5.41, 5.74) is 2.46. The Morgan fingerprint density at radius 3 is 1.76 bits per heavy atom. The number of nitrogens with one attached hydrogen (secondary N) is 1. The molecule has 0 radical (unpaired) electrons. The van der Waals surface area contributed by atoms with Crippen LogP contribution in [0.5, 0.6) is 0 Å². The Kier molecular flexibility index (Phi) is 20.6.